The molecule has 0 aliphatic carbocycles. The second-order valence-electron chi connectivity index (χ2n) is 10.0. The molecule has 4 aromatic carbocycles. The van der Waals surface area contributed by atoms with Crippen LogP contribution in [0.5, 0.6) is 0 Å². The lowest BCUT2D eigenvalue weighted by atomic mass is 10.2. The van der Waals surface area contributed by atoms with Crippen LogP contribution in [0.15, 0.2) is 109 Å². The van der Waals surface area contributed by atoms with Gasteiger partial charge in [-0.15, -0.1) is 0 Å². The lowest BCUT2D eigenvalue weighted by Gasteiger charge is -2.31. The number of rotatable bonds is 13. The summed E-state index contributed by atoms with van der Waals surface area (Å²) in [4.78, 5) is 4.55. The van der Waals surface area contributed by atoms with Crippen molar-refractivity contribution in [2.24, 2.45) is 0 Å². The number of aromatic nitrogens is 1. The molecule has 5 heteroatoms. The number of hydrogen-bond acceptors (Lipinski definition) is 4. The summed E-state index contributed by atoms with van der Waals surface area (Å²) in [6.45, 7) is 8.28. The van der Waals surface area contributed by atoms with Crippen LogP contribution in [0.2, 0.25) is 0 Å². The Morgan fingerprint density at radius 2 is 1.15 bits per heavy atom. The third-order valence-electron chi connectivity index (χ3n) is 7.48. The zero-order valence-electron chi connectivity index (χ0n) is 23.0. The molecule has 0 aliphatic heterocycles. The zero-order valence-corrected chi connectivity index (χ0v) is 23.0. The first-order valence-corrected chi connectivity index (χ1v) is 14.0. The van der Waals surface area contributed by atoms with Crippen molar-refractivity contribution in [1.82, 2.24) is 9.47 Å². The predicted molar refractivity (Wildman–Crippen MR) is 163 cm³/mol. The van der Waals surface area contributed by atoms with Gasteiger partial charge in [0.15, 0.2) is 0 Å². The summed E-state index contributed by atoms with van der Waals surface area (Å²) in [6.07, 6.45) is -0.719. The average molecular weight is 522 g/mol. The number of para-hydroxylation sites is 4. The molecule has 2 atom stereocenters. The van der Waals surface area contributed by atoms with E-state index in [0.29, 0.717) is 19.6 Å². The van der Waals surface area contributed by atoms with E-state index < -0.39 is 6.10 Å². The van der Waals surface area contributed by atoms with Crippen LogP contribution in [0.1, 0.15) is 13.8 Å². The summed E-state index contributed by atoms with van der Waals surface area (Å²) < 4.78 is 8.97. The molecule has 0 saturated carbocycles. The quantitative estimate of drug-likeness (QED) is 0.187. The van der Waals surface area contributed by atoms with Gasteiger partial charge in [0.25, 0.3) is 0 Å². The van der Waals surface area contributed by atoms with Gasteiger partial charge in [0, 0.05) is 39.7 Å². The predicted octanol–water partition coefficient (Wildman–Crippen LogP) is 6.72. The average Bonchev–Trinajstić information content (AvgIpc) is 3.31. The van der Waals surface area contributed by atoms with Crippen molar-refractivity contribution in [1.29, 1.82) is 0 Å². The van der Waals surface area contributed by atoms with E-state index >= 15 is 0 Å². The van der Waals surface area contributed by atoms with Crippen LogP contribution in [0, 0.1) is 0 Å². The molecule has 0 saturated heterocycles. The fourth-order valence-electron chi connectivity index (χ4n) is 5.43. The third kappa shape index (κ3) is 6.34. The number of aliphatic hydroxyl groups is 1. The van der Waals surface area contributed by atoms with Crippen LogP contribution in [0.3, 0.4) is 0 Å². The Hall–Kier alpha value is -3.64. The summed E-state index contributed by atoms with van der Waals surface area (Å²) in [5, 5.41) is 13.4. The number of nitrogens with zero attached hydrogens (tertiary/aromatic N) is 3. The minimum absolute atomic E-state index is 0.170. The van der Waals surface area contributed by atoms with E-state index in [1.165, 1.54) is 21.8 Å². The van der Waals surface area contributed by atoms with E-state index in [-0.39, 0.29) is 12.7 Å². The number of anilines is 2. The van der Waals surface area contributed by atoms with Crippen molar-refractivity contribution in [3.05, 3.63) is 109 Å². The molecule has 0 radical (unpaired) electrons. The van der Waals surface area contributed by atoms with Gasteiger partial charge < -0.3 is 24.2 Å². The highest BCUT2D eigenvalue weighted by atomic mass is 16.5. The Morgan fingerprint density at radius 1 is 0.667 bits per heavy atom. The van der Waals surface area contributed by atoms with Crippen molar-refractivity contribution in [2.45, 2.75) is 32.6 Å². The largest absolute Gasteiger partial charge is 0.389 e. The summed E-state index contributed by atoms with van der Waals surface area (Å²) in [5.74, 6) is 0. The van der Waals surface area contributed by atoms with Crippen molar-refractivity contribution in [2.75, 3.05) is 37.7 Å². The van der Waals surface area contributed by atoms with Crippen LogP contribution in [-0.2, 0) is 11.3 Å². The molecule has 0 unspecified atom stereocenters. The van der Waals surface area contributed by atoms with Crippen LogP contribution >= 0.6 is 0 Å². The summed E-state index contributed by atoms with van der Waals surface area (Å²) in [6, 6.07) is 38.1. The number of ether oxygens (including phenoxy) is 1. The second kappa shape index (κ2) is 12.9. The van der Waals surface area contributed by atoms with Crippen molar-refractivity contribution >= 4 is 33.2 Å². The Bertz CT molecular complexity index is 1350. The molecule has 39 heavy (non-hydrogen) atoms. The molecule has 5 aromatic rings. The molecule has 0 spiro atoms. The van der Waals surface area contributed by atoms with E-state index in [4.69, 9.17) is 4.74 Å². The lowest BCUT2D eigenvalue weighted by Crippen LogP contribution is -2.39. The minimum Gasteiger partial charge on any atom is -0.389 e. The minimum atomic E-state index is -0.549. The van der Waals surface area contributed by atoms with Gasteiger partial charge in [-0.1, -0.05) is 86.6 Å². The van der Waals surface area contributed by atoms with Crippen LogP contribution in [-0.4, -0.2) is 59.6 Å². The fraction of sp³-hybridized carbons (Fsp3) is 0.294. The van der Waals surface area contributed by atoms with E-state index in [0.717, 1.165) is 24.5 Å². The Kier molecular flexibility index (Phi) is 8.94. The van der Waals surface area contributed by atoms with Gasteiger partial charge in [-0.3, -0.25) is 0 Å². The maximum absolute atomic E-state index is 10.9. The van der Waals surface area contributed by atoms with Crippen LogP contribution in [0.4, 0.5) is 11.4 Å². The molecule has 1 heterocycles. The number of fused-ring (bicyclic) bond motifs is 3. The smallest absolute Gasteiger partial charge is 0.0934 e. The molecule has 202 valence electrons. The second-order valence-corrected chi connectivity index (χ2v) is 10.0. The molecule has 5 nitrogen and oxygen atoms in total. The zero-order chi connectivity index (χ0) is 27.0. The Balaban J connectivity index is 1.49. The SMILES string of the molecule is CCN(CC)C[C@H](O)CO[C@H](CN(c1ccccc1)c1ccccc1)Cn1c2ccccc2c2ccccc21. The number of benzene rings is 4. The number of hydrogen-bond donors (Lipinski definition) is 1. The molecular formula is C34H39N3O2. The lowest BCUT2D eigenvalue weighted by molar-refractivity contribution is -0.0217. The van der Waals surface area contributed by atoms with Gasteiger partial charge in [0.1, 0.15) is 0 Å². The third-order valence-corrected chi connectivity index (χ3v) is 7.48. The molecule has 5 rings (SSSR count). The van der Waals surface area contributed by atoms with Gasteiger partial charge in [-0.25, -0.2) is 0 Å². The Labute approximate surface area is 231 Å². The van der Waals surface area contributed by atoms with Crippen molar-refractivity contribution < 1.29 is 9.84 Å². The number of likely N-dealkylation sites (N-methyl/N-ethyl adjacent to an activating group) is 1. The first-order valence-electron chi connectivity index (χ1n) is 14.0. The summed E-state index contributed by atoms with van der Waals surface area (Å²) in [7, 11) is 0. The Morgan fingerprint density at radius 3 is 1.67 bits per heavy atom. The van der Waals surface area contributed by atoms with E-state index in [1.807, 2.05) is 12.1 Å². The maximum atomic E-state index is 10.9. The molecule has 0 aliphatic rings. The monoisotopic (exact) mass is 521 g/mol. The molecule has 0 bridgehead atoms. The topological polar surface area (TPSA) is 40.9 Å². The van der Waals surface area contributed by atoms with Gasteiger partial charge in [-0.05, 0) is 49.5 Å². The highest BCUT2D eigenvalue weighted by Crippen LogP contribution is 2.30. The maximum Gasteiger partial charge on any atom is 0.0934 e. The van der Waals surface area contributed by atoms with Crippen LogP contribution in [0.25, 0.3) is 21.8 Å². The van der Waals surface area contributed by atoms with Gasteiger partial charge in [-0.2, -0.15) is 0 Å². The fourth-order valence-corrected chi connectivity index (χ4v) is 5.43. The molecule has 0 fully saturated rings. The first-order chi connectivity index (χ1) is 19.2. The van der Waals surface area contributed by atoms with Gasteiger partial charge in [0.2, 0.25) is 0 Å². The summed E-state index contributed by atoms with van der Waals surface area (Å²) >= 11 is 0. The first kappa shape index (κ1) is 26.9. The van der Waals surface area contributed by atoms with Gasteiger partial charge >= 0.3 is 0 Å². The number of aliphatic hydroxyl groups excluding tert-OH is 1. The van der Waals surface area contributed by atoms with Gasteiger partial charge in [0.05, 0.1) is 31.9 Å². The van der Waals surface area contributed by atoms with Crippen molar-refractivity contribution in [3.63, 3.8) is 0 Å². The van der Waals surface area contributed by atoms with Crippen molar-refractivity contribution in [3.8, 4) is 0 Å². The summed E-state index contributed by atoms with van der Waals surface area (Å²) in [5.41, 5.74) is 4.62. The highest BCUT2D eigenvalue weighted by Gasteiger charge is 2.22. The molecular weight excluding hydrogens is 482 g/mol. The molecule has 1 aromatic heterocycles. The normalized spacial score (nSPS) is 13.2. The highest BCUT2D eigenvalue weighted by molar-refractivity contribution is 6.07. The standard InChI is InChI=1S/C34H39N3O2/c1-3-35(4-2)23-29(38)26-39-30(24-36(27-15-7-5-8-16-27)28-17-9-6-10-18-28)25-37-33-21-13-11-19-31(33)32-20-12-14-22-34(32)37/h5-22,29-30,38H,3-4,23-26H2,1-2H3/t29-,30+/m0/s1. The van der Waals surface area contributed by atoms with E-state index in [2.05, 4.69) is 125 Å². The molecule has 0 amide bonds. The van der Waals surface area contributed by atoms with Crippen LogP contribution < -0.4 is 4.90 Å². The van der Waals surface area contributed by atoms with E-state index in [9.17, 15) is 5.11 Å². The molecule has 1 N–H and O–H groups in total. The van der Waals surface area contributed by atoms with E-state index in [1.54, 1.807) is 0 Å².